The fourth-order valence-electron chi connectivity index (χ4n) is 8.59. The van der Waals surface area contributed by atoms with E-state index in [9.17, 15) is 9.59 Å². The maximum absolute atomic E-state index is 14.6. The highest BCUT2D eigenvalue weighted by molar-refractivity contribution is 5.81. The lowest BCUT2D eigenvalue weighted by Gasteiger charge is -2.44. The lowest BCUT2D eigenvalue weighted by Crippen LogP contribution is -2.54. The molecule has 0 amide bonds. The van der Waals surface area contributed by atoms with E-state index in [0.717, 1.165) is 52.0 Å². The molecule has 3 atom stereocenters. The molecule has 0 aliphatic heterocycles. The summed E-state index contributed by atoms with van der Waals surface area (Å²) in [5.74, 6) is 2.12. The molecule has 0 aliphatic rings. The van der Waals surface area contributed by atoms with Crippen molar-refractivity contribution in [2.45, 2.75) is 152 Å². The molecule has 5 aromatic rings. The molecule has 0 saturated carbocycles. The monoisotopic (exact) mass is 853 g/mol. The Morgan fingerprint density at radius 2 is 1.02 bits per heavy atom. The van der Waals surface area contributed by atoms with E-state index in [1.54, 1.807) is 0 Å². The van der Waals surface area contributed by atoms with E-state index in [1.807, 2.05) is 97.0 Å². The van der Waals surface area contributed by atoms with Crippen molar-refractivity contribution in [1.29, 1.82) is 0 Å². The average Bonchev–Trinajstić information content (AvgIpc) is 3.25. The Kier molecular flexibility index (Phi) is 15.1. The van der Waals surface area contributed by atoms with Crippen LogP contribution in [0.3, 0.4) is 0 Å². The second-order valence-electron chi connectivity index (χ2n) is 19.5. The lowest BCUT2D eigenvalue weighted by atomic mass is 9.69. The first-order valence-electron chi connectivity index (χ1n) is 22.9. The quantitative estimate of drug-likeness (QED) is 0.0468. The summed E-state index contributed by atoms with van der Waals surface area (Å²) in [6.45, 7) is 28.9. The number of rotatable bonds is 19. The number of esters is 2. The highest BCUT2D eigenvalue weighted by Crippen LogP contribution is 2.46. The molecule has 0 bridgehead atoms. The molecule has 63 heavy (non-hydrogen) atoms. The van der Waals surface area contributed by atoms with E-state index in [2.05, 4.69) is 115 Å². The number of carbonyl (C=O) groups excluding carboxylic acids is 2. The largest absolute Gasteiger partial charge is 0.491 e. The summed E-state index contributed by atoms with van der Waals surface area (Å²) in [6, 6.07) is 39.1. The van der Waals surface area contributed by atoms with Crippen molar-refractivity contribution in [1.82, 2.24) is 0 Å². The molecule has 336 valence electrons. The van der Waals surface area contributed by atoms with Gasteiger partial charge in [0, 0.05) is 10.8 Å². The van der Waals surface area contributed by atoms with Crippen molar-refractivity contribution >= 4 is 11.9 Å². The minimum atomic E-state index is -0.964. The van der Waals surface area contributed by atoms with Crippen LogP contribution in [-0.2, 0) is 20.4 Å². The second-order valence-corrected chi connectivity index (χ2v) is 19.5. The van der Waals surface area contributed by atoms with Gasteiger partial charge in [0.25, 0.3) is 0 Å². The van der Waals surface area contributed by atoms with Crippen molar-refractivity contribution in [3.63, 3.8) is 0 Å². The molecule has 5 rings (SSSR count). The molecule has 5 aromatic carbocycles. The first-order valence-corrected chi connectivity index (χ1v) is 22.9. The van der Waals surface area contributed by atoms with E-state index in [1.165, 1.54) is 5.56 Å². The molecule has 6 nitrogen and oxygen atoms in total. The van der Waals surface area contributed by atoms with Gasteiger partial charge in [-0.15, -0.1) is 0 Å². The van der Waals surface area contributed by atoms with Gasteiger partial charge in [0.1, 0.15) is 34.0 Å². The summed E-state index contributed by atoms with van der Waals surface area (Å²) >= 11 is 0. The highest BCUT2D eigenvalue weighted by atomic mass is 16.5. The van der Waals surface area contributed by atoms with Crippen LogP contribution in [0.25, 0.3) is 0 Å². The van der Waals surface area contributed by atoms with Crippen LogP contribution in [0.1, 0.15) is 154 Å². The van der Waals surface area contributed by atoms with Crippen LogP contribution in [-0.4, -0.2) is 23.6 Å². The first kappa shape index (κ1) is 48.7. The summed E-state index contributed by atoms with van der Waals surface area (Å²) in [6.07, 6.45) is 3.64. The third-order valence-corrected chi connectivity index (χ3v) is 13.7. The van der Waals surface area contributed by atoms with Crippen LogP contribution in [0.15, 0.2) is 115 Å². The molecular weight excluding hydrogens is 781 g/mol. The Morgan fingerprint density at radius 1 is 0.540 bits per heavy atom. The van der Waals surface area contributed by atoms with Gasteiger partial charge in [0.2, 0.25) is 0 Å². The molecule has 6 heteroatoms. The standard InChI is InChI=1S/C57H72O6/c1-15-35-55(12,52(59)62-50-34-28-46(38-41(50)7)54(10,11)45-27-33-49(40(6)37-45)60-39(4)5)56(13,36-16-2)63-48-31-25-44(26-32-48)57(14,42-21-19-18-20-22-42)43-23-29-47(30-24-43)61-51(58)53(8,9)17-3/h18-34,37-39H,15-17,35-36H2,1-14H3. The Labute approximate surface area is 378 Å². The van der Waals surface area contributed by atoms with Gasteiger partial charge in [0.15, 0.2) is 0 Å². The zero-order chi connectivity index (χ0) is 46.4. The number of aryl methyl sites for hydroxylation is 2. The lowest BCUT2D eigenvalue weighted by molar-refractivity contribution is -0.161. The van der Waals surface area contributed by atoms with Crippen molar-refractivity contribution in [2.24, 2.45) is 10.8 Å². The van der Waals surface area contributed by atoms with E-state index in [4.69, 9.17) is 18.9 Å². The van der Waals surface area contributed by atoms with Crippen LogP contribution in [0.4, 0.5) is 0 Å². The maximum atomic E-state index is 14.6. The third-order valence-electron chi connectivity index (χ3n) is 13.7. The molecule has 0 N–H and O–H groups in total. The van der Waals surface area contributed by atoms with Crippen molar-refractivity contribution in [2.75, 3.05) is 0 Å². The van der Waals surface area contributed by atoms with E-state index >= 15 is 0 Å². The van der Waals surface area contributed by atoms with Gasteiger partial charge in [0.05, 0.1) is 11.5 Å². The Balaban J connectivity index is 1.41. The Bertz CT molecular complexity index is 2320. The second kappa shape index (κ2) is 19.6. The average molecular weight is 853 g/mol. The topological polar surface area (TPSA) is 71.1 Å². The smallest absolute Gasteiger partial charge is 0.321 e. The molecule has 0 spiro atoms. The number of ether oxygens (including phenoxy) is 4. The molecule has 0 heterocycles. The van der Waals surface area contributed by atoms with Gasteiger partial charge >= 0.3 is 11.9 Å². The van der Waals surface area contributed by atoms with Gasteiger partial charge in [-0.25, -0.2) is 0 Å². The zero-order valence-electron chi connectivity index (χ0n) is 40.5. The van der Waals surface area contributed by atoms with Crippen molar-refractivity contribution in [3.8, 4) is 23.0 Å². The van der Waals surface area contributed by atoms with Gasteiger partial charge in [-0.3, -0.25) is 9.59 Å². The van der Waals surface area contributed by atoms with Gasteiger partial charge in [-0.1, -0.05) is 126 Å². The van der Waals surface area contributed by atoms with E-state index in [-0.39, 0.29) is 23.5 Å². The normalized spacial score (nSPS) is 14.8. The van der Waals surface area contributed by atoms with E-state index < -0.39 is 21.8 Å². The summed E-state index contributed by atoms with van der Waals surface area (Å²) < 4.78 is 25.2. The van der Waals surface area contributed by atoms with Gasteiger partial charge in [-0.2, -0.15) is 0 Å². The minimum Gasteiger partial charge on any atom is -0.491 e. The number of hydrogen-bond donors (Lipinski definition) is 0. The van der Waals surface area contributed by atoms with Crippen LogP contribution in [0.5, 0.6) is 23.0 Å². The predicted molar refractivity (Wildman–Crippen MR) is 257 cm³/mol. The number of carbonyl (C=O) groups is 2. The third kappa shape index (κ3) is 10.4. The fraction of sp³-hybridized carbons (Fsp3) is 0.439. The highest BCUT2D eigenvalue weighted by Gasteiger charge is 2.52. The SMILES string of the molecule is CCCC(C)(Oc1ccc(C(C)(c2ccccc2)c2ccc(OC(=O)C(C)(C)CC)cc2)cc1)C(C)(CCC)C(=O)Oc1ccc(C(C)(C)c2ccc(OC(C)C)c(C)c2)cc1C. The summed E-state index contributed by atoms with van der Waals surface area (Å²) in [7, 11) is 0. The van der Waals surface area contributed by atoms with Crippen molar-refractivity contribution < 1.29 is 28.5 Å². The Hall–Kier alpha value is -5.36. The molecule has 0 fully saturated rings. The van der Waals surface area contributed by atoms with E-state index in [0.29, 0.717) is 36.5 Å². The molecule has 0 saturated heterocycles. The predicted octanol–water partition coefficient (Wildman–Crippen LogP) is 14.5. The van der Waals surface area contributed by atoms with Gasteiger partial charge in [-0.05, 0) is 157 Å². The molecule has 3 unspecified atom stereocenters. The molecule has 0 aliphatic carbocycles. The van der Waals surface area contributed by atoms with Crippen LogP contribution < -0.4 is 18.9 Å². The summed E-state index contributed by atoms with van der Waals surface area (Å²) in [4.78, 5) is 27.5. The molecule has 0 radical (unpaired) electrons. The van der Waals surface area contributed by atoms with Crippen molar-refractivity contribution in [3.05, 3.63) is 154 Å². The fourth-order valence-corrected chi connectivity index (χ4v) is 8.59. The number of benzene rings is 5. The van der Waals surface area contributed by atoms with Crippen LogP contribution in [0.2, 0.25) is 0 Å². The Morgan fingerprint density at radius 3 is 1.49 bits per heavy atom. The summed E-state index contributed by atoms with van der Waals surface area (Å²) in [5.41, 5.74) is 4.33. The zero-order valence-corrected chi connectivity index (χ0v) is 40.5. The number of hydrogen-bond acceptors (Lipinski definition) is 6. The first-order chi connectivity index (χ1) is 29.6. The maximum Gasteiger partial charge on any atom is 0.321 e. The minimum absolute atomic E-state index is 0.107. The molecular formula is C57H72O6. The van der Waals surface area contributed by atoms with Crippen LogP contribution >= 0.6 is 0 Å². The van der Waals surface area contributed by atoms with Crippen LogP contribution in [0, 0.1) is 24.7 Å². The van der Waals surface area contributed by atoms with Gasteiger partial charge < -0.3 is 18.9 Å². The molecule has 0 aromatic heterocycles. The summed E-state index contributed by atoms with van der Waals surface area (Å²) in [5, 5.41) is 0.